The van der Waals surface area contributed by atoms with Crippen molar-refractivity contribution < 1.29 is 27.7 Å². The van der Waals surface area contributed by atoms with Crippen molar-refractivity contribution in [2.45, 2.75) is 41.8 Å². The van der Waals surface area contributed by atoms with Crippen LogP contribution >= 0.6 is 0 Å². The lowest BCUT2D eigenvalue weighted by Crippen LogP contribution is -2.33. The van der Waals surface area contributed by atoms with Crippen molar-refractivity contribution in [1.29, 1.82) is 0 Å². The molecule has 1 fully saturated rings. The second-order valence-corrected chi connectivity index (χ2v) is 9.15. The average Bonchev–Trinajstić information content (AvgIpc) is 3.15. The molecular weight excluding hydrogens is 380 g/mol. The van der Waals surface area contributed by atoms with E-state index in [0.717, 1.165) is 0 Å². The van der Waals surface area contributed by atoms with E-state index in [0.29, 0.717) is 30.9 Å². The summed E-state index contributed by atoms with van der Waals surface area (Å²) >= 11 is 0. The van der Waals surface area contributed by atoms with E-state index in [1.807, 2.05) is 0 Å². The molecule has 0 aliphatic carbocycles. The topological polar surface area (TPSA) is 82.1 Å². The highest BCUT2D eigenvalue weighted by atomic mass is 32.2. The van der Waals surface area contributed by atoms with Crippen molar-refractivity contribution >= 4 is 9.84 Å². The van der Waals surface area contributed by atoms with Crippen LogP contribution in [0.2, 0.25) is 0 Å². The van der Waals surface area contributed by atoms with Crippen LogP contribution in [0.1, 0.15) is 31.4 Å². The molecule has 1 N–H and O–H groups in total. The predicted octanol–water partition coefficient (Wildman–Crippen LogP) is 3.11. The molecule has 1 heterocycles. The molecule has 2 aromatic carbocycles. The van der Waals surface area contributed by atoms with Crippen LogP contribution in [0.15, 0.2) is 59.5 Å². The molecule has 7 heteroatoms. The minimum absolute atomic E-state index is 0.186. The van der Waals surface area contributed by atoms with Crippen molar-refractivity contribution in [2.75, 3.05) is 20.3 Å². The smallest absolute Gasteiger partial charge is 0.184 e. The lowest BCUT2D eigenvalue weighted by molar-refractivity contribution is -0.148. The molecule has 2 unspecified atom stereocenters. The Hall–Kier alpha value is -1.93. The van der Waals surface area contributed by atoms with Gasteiger partial charge in [0.25, 0.3) is 0 Å². The van der Waals surface area contributed by atoms with Gasteiger partial charge in [-0.15, -0.1) is 0 Å². The second kappa shape index (κ2) is 8.61. The monoisotopic (exact) mass is 406 g/mol. The lowest BCUT2D eigenvalue weighted by atomic mass is 10.0. The Balaban J connectivity index is 1.90. The van der Waals surface area contributed by atoms with E-state index in [2.05, 4.69) is 0 Å². The van der Waals surface area contributed by atoms with Crippen LogP contribution in [-0.2, 0) is 19.3 Å². The van der Waals surface area contributed by atoms with Crippen LogP contribution in [0, 0.1) is 0 Å². The van der Waals surface area contributed by atoms with Gasteiger partial charge in [-0.3, -0.25) is 0 Å². The summed E-state index contributed by atoms with van der Waals surface area (Å²) in [6.45, 7) is 2.76. The normalized spacial score (nSPS) is 18.5. The summed E-state index contributed by atoms with van der Waals surface area (Å²) in [6.07, 6.45) is -0.640. The Kier molecular flexibility index (Phi) is 6.40. The maximum absolute atomic E-state index is 13.3. The zero-order chi connectivity index (χ0) is 20.2. The van der Waals surface area contributed by atoms with E-state index in [4.69, 9.17) is 14.2 Å². The molecule has 0 aromatic heterocycles. The van der Waals surface area contributed by atoms with E-state index in [1.54, 1.807) is 68.6 Å². The molecule has 152 valence electrons. The highest BCUT2D eigenvalue weighted by Crippen LogP contribution is 2.34. The summed E-state index contributed by atoms with van der Waals surface area (Å²) in [5, 5.41) is 9.96. The van der Waals surface area contributed by atoms with E-state index in [1.165, 1.54) is 0 Å². The van der Waals surface area contributed by atoms with Crippen molar-refractivity contribution in [3.05, 3.63) is 60.2 Å². The van der Waals surface area contributed by atoms with Gasteiger partial charge in [0, 0.05) is 6.42 Å². The number of aliphatic hydroxyl groups excluding tert-OH is 1. The molecule has 0 amide bonds. The highest BCUT2D eigenvalue weighted by Gasteiger charge is 2.38. The molecule has 28 heavy (non-hydrogen) atoms. The van der Waals surface area contributed by atoms with Crippen molar-refractivity contribution in [3.63, 3.8) is 0 Å². The summed E-state index contributed by atoms with van der Waals surface area (Å²) in [6, 6.07) is 15.0. The van der Waals surface area contributed by atoms with Gasteiger partial charge in [0.1, 0.15) is 5.75 Å². The summed E-state index contributed by atoms with van der Waals surface area (Å²) in [5.41, 5.74) is 0.517. The first kappa shape index (κ1) is 20.8. The van der Waals surface area contributed by atoms with Gasteiger partial charge in [-0.1, -0.05) is 30.3 Å². The number of hydrogen-bond acceptors (Lipinski definition) is 6. The maximum atomic E-state index is 13.3. The van der Waals surface area contributed by atoms with Gasteiger partial charge in [0.15, 0.2) is 15.6 Å². The number of hydrogen-bond donors (Lipinski definition) is 1. The van der Waals surface area contributed by atoms with Crippen LogP contribution in [0.25, 0.3) is 0 Å². The fourth-order valence-electron chi connectivity index (χ4n) is 3.39. The summed E-state index contributed by atoms with van der Waals surface area (Å²) in [5.74, 6) is -0.192. The van der Waals surface area contributed by atoms with Gasteiger partial charge in [-0.25, -0.2) is 8.42 Å². The molecule has 1 aliphatic heterocycles. The lowest BCUT2D eigenvalue weighted by Gasteiger charge is -2.28. The Bertz CT molecular complexity index is 858. The highest BCUT2D eigenvalue weighted by molar-refractivity contribution is 7.92. The summed E-state index contributed by atoms with van der Waals surface area (Å²) < 4.78 is 43.0. The number of methoxy groups -OCH3 is 1. The van der Waals surface area contributed by atoms with E-state index in [-0.39, 0.29) is 11.3 Å². The van der Waals surface area contributed by atoms with Crippen molar-refractivity contribution in [2.24, 2.45) is 0 Å². The Morgan fingerprint density at radius 2 is 1.68 bits per heavy atom. The SMILES string of the molecule is COc1ccc(C(O)C(CCC2(C)OCCO2)S(=O)(=O)c2ccccc2)cc1. The molecule has 1 saturated heterocycles. The predicted molar refractivity (Wildman–Crippen MR) is 105 cm³/mol. The fourth-order valence-corrected chi connectivity index (χ4v) is 5.20. The van der Waals surface area contributed by atoms with Gasteiger partial charge < -0.3 is 19.3 Å². The van der Waals surface area contributed by atoms with Crippen LogP contribution in [0.5, 0.6) is 5.75 Å². The van der Waals surface area contributed by atoms with Crippen molar-refractivity contribution in [1.82, 2.24) is 0 Å². The molecule has 0 saturated carbocycles. The van der Waals surface area contributed by atoms with Crippen LogP contribution in [-0.4, -0.2) is 44.9 Å². The van der Waals surface area contributed by atoms with Gasteiger partial charge in [0.2, 0.25) is 0 Å². The largest absolute Gasteiger partial charge is 0.497 e. The first-order valence-electron chi connectivity index (χ1n) is 9.25. The standard InChI is InChI=1S/C21H26O6S/c1-21(26-14-15-27-21)13-12-19(28(23,24)18-6-4-3-5-7-18)20(22)16-8-10-17(25-2)11-9-16/h3-11,19-20,22H,12-15H2,1-2H3. The minimum atomic E-state index is -3.77. The van der Waals surface area contributed by atoms with E-state index < -0.39 is 27.0 Å². The third-order valence-electron chi connectivity index (χ3n) is 5.06. The molecule has 2 aromatic rings. The Morgan fingerprint density at radius 1 is 1.07 bits per heavy atom. The van der Waals surface area contributed by atoms with E-state index in [9.17, 15) is 13.5 Å². The number of aliphatic hydroxyl groups is 1. The zero-order valence-electron chi connectivity index (χ0n) is 16.1. The second-order valence-electron chi connectivity index (χ2n) is 6.98. The number of sulfone groups is 1. The Labute approximate surface area is 166 Å². The number of ether oxygens (including phenoxy) is 3. The van der Waals surface area contributed by atoms with E-state index >= 15 is 0 Å². The summed E-state index contributed by atoms with van der Waals surface area (Å²) in [4.78, 5) is 0.186. The Morgan fingerprint density at radius 3 is 2.25 bits per heavy atom. The number of rotatable bonds is 8. The molecule has 6 nitrogen and oxygen atoms in total. The molecule has 3 rings (SSSR count). The molecular formula is C21H26O6S. The average molecular weight is 406 g/mol. The maximum Gasteiger partial charge on any atom is 0.184 e. The van der Waals surface area contributed by atoms with Crippen molar-refractivity contribution in [3.8, 4) is 5.75 Å². The molecule has 2 atom stereocenters. The van der Waals surface area contributed by atoms with Gasteiger partial charge in [0.05, 0.1) is 36.6 Å². The third-order valence-corrected chi connectivity index (χ3v) is 7.28. The molecule has 0 radical (unpaired) electrons. The molecule has 1 aliphatic rings. The first-order chi connectivity index (χ1) is 13.4. The van der Waals surface area contributed by atoms with Gasteiger partial charge >= 0.3 is 0 Å². The first-order valence-corrected chi connectivity index (χ1v) is 10.8. The van der Waals surface area contributed by atoms with Crippen LogP contribution < -0.4 is 4.74 Å². The number of benzene rings is 2. The fraction of sp³-hybridized carbons (Fsp3) is 0.429. The quantitative estimate of drug-likeness (QED) is 0.725. The van der Waals surface area contributed by atoms with Gasteiger partial charge in [-0.2, -0.15) is 0 Å². The van der Waals surface area contributed by atoms with Gasteiger partial charge in [-0.05, 0) is 43.2 Å². The minimum Gasteiger partial charge on any atom is -0.497 e. The summed E-state index contributed by atoms with van der Waals surface area (Å²) in [7, 11) is -2.22. The van der Waals surface area contributed by atoms with Crippen LogP contribution in [0.4, 0.5) is 0 Å². The molecule has 0 spiro atoms. The van der Waals surface area contributed by atoms with Crippen LogP contribution in [0.3, 0.4) is 0 Å². The third kappa shape index (κ3) is 4.55. The zero-order valence-corrected chi connectivity index (χ0v) is 16.9. The molecule has 0 bridgehead atoms.